The van der Waals surface area contributed by atoms with Gasteiger partial charge in [-0.15, -0.1) is 0 Å². The maximum Gasteiger partial charge on any atom is 0.186 e. The highest BCUT2D eigenvalue weighted by Crippen LogP contribution is 2.17. The van der Waals surface area contributed by atoms with Gasteiger partial charge in [-0.05, 0) is 25.7 Å². The predicted molar refractivity (Wildman–Crippen MR) is 201 cm³/mol. The Morgan fingerprint density at radius 2 is 0.591 bits per heavy atom. The first-order chi connectivity index (χ1) is 21.5. The third kappa shape index (κ3) is 34.1. The van der Waals surface area contributed by atoms with Crippen molar-refractivity contribution in [3.63, 3.8) is 0 Å². The van der Waals surface area contributed by atoms with Crippen LogP contribution in [-0.4, -0.2) is 43.7 Å². The Kier molecular flexibility index (Phi) is 34.5. The molecule has 264 valence electrons. The van der Waals surface area contributed by atoms with Crippen LogP contribution in [0.1, 0.15) is 219 Å². The highest BCUT2D eigenvalue weighted by Gasteiger charge is 2.20. The molecule has 0 fully saturated rings. The average molecular weight is 622 g/mol. The molecule has 0 amide bonds. The third-order valence-corrected chi connectivity index (χ3v) is 10.0. The van der Waals surface area contributed by atoms with Crippen LogP contribution >= 0.6 is 0 Å². The normalized spacial score (nSPS) is 11.8. The van der Waals surface area contributed by atoms with Crippen molar-refractivity contribution in [1.82, 2.24) is 0 Å². The van der Waals surface area contributed by atoms with Crippen molar-refractivity contribution >= 4 is 5.96 Å². The largest absolute Gasteiger partial charge is 0.370 e. The van der Waals surface area contributed by atoms with E-state index in [9.17, 15) is 0 Å². The smallest absolute Gasteiger partial charge is 0.186 e. The molecule has 4 nitrogen and oxygen atoms in total. The minimum atomic E-state index is 0.237. The van der Waals surface area contributed by atoms with E-state index in [1.807, 2.05) is 0 Å². The maximum absolute atomic E-state index is 5.62. The van der Waals surface area contributed by atoms with E-state index >= 15 is 0 Å². The fourth-order valence-corrected chi connectivity index (χ4v) is 6.84. The zero-order valence-electron chi connectivity index (χ0n) is 31.0. The van der Waals surface area contributed by atoms with Crippen molar-refractivity contribution in [1.29, 1.82) is 0 Å². The summed E-state index contributed by atoms with van der Waals surface area (Å²) < 4.78 is 1.13. The zero-order chi connectivity index (χ0) is 32.2. The van der Waals surface area contributed by atoms with Crippen molar-refractivity contribution in [3.8, 4) is 0 Å². The molecule has 0 aliphatic rings. The maximum atomic E-state index is 5.62. The SMILES string of the molecule is CCCCCCCCCCCCCCCCCC[N+](C)(CCCCCCCCCCCCCCCCCC)CCN=C(N)N. The summed E-state index contributed by atoms with van der Waals surface area (Å²) >= 11 is 0. The summed E-state index contributed by atoms with van der Waals surface area (Å²) in [6.45, 7) is 8.98. The standard InChI is InChI=1S/C40H85N4/c1-4-6-8-10-12-14-16-18-20-22-24-26-28-30-32-34-37-44(3,39-36-43-40(41)42)38-35-33-31-29-27-25-23-21-19-17-15-13-11-9-7-5-2/h4-39H2,1-3H3,(H4,41,42,43)/q+1. The van der Waals surface area contributed by atoms with Crippen LogP contribution in [0.4, 0.5) is 0 Å². The minimum absolute atomic E-state index is 0.237. The summed E-state index contributed by atoms with van der Waals surface area (Å²) in [5, 5.41) is 0. The number of guanidine groups is 1. The van der Waals surface area contributed by atoms with E-state index in [1.165, 1.54) is 219 Å². The Hall–Kier alpha value is -0.770. The van der Waals surface area contributed by atoms with Gasteiger partial charge in [-0.3, -0.25) is 0 Å². The molecule has 0 unspecified atom stereocenters. The average Bonchev–Trinajstić information content (AvgIpc) is 3.00. The van der Waals surface area contributed by atoms with Gasteiger partial charge in [0.1, 0.15) is 0 Å². The molecule has 0 saturated heterocycles. The molecule has 4 heteroatoms. The van der Waals surface area contributed by atoms with Crippen LogP contribution in [0.25, 0.3) is 0 Å². The predicted octanol–water partition coefficient (Wildman–Crippen LogP) is 12.2. The van der Waals surface area contributed by atoms with Gasteiger partial charge in [0.15, 0.2) is 5.96 Å². The first kappa shape index (κ1) is 43.2. The number of nitrogens with two attached hydrogens (primary N) is 2. The van der Waals surface area contributed by atoms with Crippen LogP contribution in [0.2, 0.25) is 0 Å². The topological polar surface area (TPSA) is 64.4 Å². The van der Waals surface area contributed by atoms with Crippen molar-refractivity contribution in [2.24, 2.45) is 16.5 Å². The molecule has 0 aromatic heterocycles. The zero-order valence-corrected chi connectivity index (χ0v) is 31.0. The summed E-state index contributed by atoms with van der Waals surface area (Å²) in [5.41, 5.74) is 11.2. The number of hydrogen-bond donors (Lipinski definition) is 2. The molecule has 0 heterocycles. The van der Waals surface area contributed by atoms with Crippen LogP contribution in [0, 0.1) is 0 Å². The Morgan fingerprint density at radius 3 is 0.818 bits per heavy atom. The van der Waals surface area contributed by atoms with Crippen molar-refractivity contribution in [2.75, 3.05) is 33.2 Å². The molecule has 4 N–H and O–H groups in total. The molecule has 0 aliphatic carbocycles. The molecule has 0 aromatic rings. The van der Waals surface area contributed by atoms with Gasteiger partial charge in [-0.25, -0.2) is 4.99 Å². The van der Waals surface area contributed by atoms with Gasteiger partial charge in [-0.1, -0.05) is 194 Å². The van der Waals surface area contributed by atoms with E-state index in [2.05, 4.69) is 25.9 Å². The van der Waals surface area contributed by atoms with Crippen LogP contribution in [0.5, 0.6) is 0 Å². The van der Waals surface area contributed by atoms with Crippen LogP contribution in [0.3, 0.4) is 0 Å². The second-order valence-electron chi connectivity index (χ2n) is 14.7. The minimum Gasteiger partial charge on any atom is -0.370 e. The van der Waals surface area contributed by atoms with Gasteiger partial charge in [0, 0.05) is 0 Å². The summed E-state index contributed by atoms with van der Waals surface area (Å²) in [5.74, 6) is 0.237. The molecule has 0 aromatic carbocycles. The lowest BCUT2D eigenvalue weighted by Crippen LogP contribution is -2.47. The highest BCUT2D eigenvalue weighted by molar-refractivity contribution is 5.75. The molecule has 0 bridgehead atoms. The van der Waals surface area contributed by atoms with Gasteiger partial charge in [0.05, 0.1) is 33.2 Å². The number of aliphatic imine (C=N–C) groups is 1. The molecule has 0 radical (unpaired) electrons. The summed E-state index contributed by atoms with van der Waals surface area (Å²) in [6.07, 6.45) is 45.8. The Bertz CT molecular complexity index is 536. The first-order valence-corrected chi connectivity index (χ1v) is 20.4. The number of hydrogen-bond acceptors (Lipinski definition) is 1. The number of quaternary nitrogens is 1. The molecule has 44 heavy (non-hydrogen) atoms. The summed E-state index contributed by atoms with van der Waals surface area (Å²) in [7, 11) is 2.44. The van der Waals surface area contributed by atoms with E-state index in [0.29, 0.717) is 0 Å². The lowest BCUT2D eigenvalue weighted by molar-refractivity contribution is -0.908. The van der Waals surface area contributed by atoms with E-state index in [-0.39, 0.29) is 5.96 Å². The Labute approximate surface area is 279 Å². The molecule has 0 aliphatic heterocycles. The van der Waals surface area contributed by atoms with E-state index in [0.717, 1.165) is 17.6 Å². The number of unbranched alkanes of at least 4 members (excludes halogenated alkanes) is 30. The van der Waals surface area contributed by atoms with Gasteiger partial charge in [-0.2, -0.15) is 0 Å². The summed E-state index contributed by atoms with van der Waals surface area (Å²) in [4.78, 5) is 4.32. The van der Waals surface area contributed by atoms with E-state index in [1.54, 1.807) is 0 Å². The monoisotopic (exact) mass is 622 g/mol. The highest BCUT2D eigenvalue weighted by atomic mass is 15.3. The van der Waals surface area contributed by atoms with Gasteiger partial charge in [0.25, 0.3) is 0 Å². The molecule has 0 saturated carbocycles. The third-order valence-electron chi connectivity index (χ3n) is 10.0. The van der Waals surface area contributed by atoms with Crippen LogP contribution < -0.4 is 11.5 Å². The molecular formula is C40H85N4+. The Morgan fingerprint density at radius 1 is 0.364 bits per heavy atom. The van der Waals surface area contributed by atoms with Crippen molar-refractivity contribution < 1.29 is 4.48 Å². The lowest BCUT2D eigenvalue weighted by atomic mass is 10.0. The number of nitrogens with zero attached hydrogens (tertiary/aromatic N) is 2. The molecule has 0 atom stereocenters. The number of likely N-dealkylation sites (N-methyl/N-ethyl adjacent to an activating group) is 1. The van der Waals surface area contributed by atoms with Gasteiger partial charge in [0.2, 0.25) is 0 Å². The fraction of sp³-hybridized carbons (Fsp3) is 0.975. The lowest BCUT2D eigenvalue weighted by Gasteiger charge is -2.34. The quantitative estimate of drug-likeness (QED) is 0.0314. The second kappa shape index (κ2) is 35.1. The number of rotatable bonds is 37. The first-order valence-electron chi connectivity index (χ1n) is 20.4. The van der Waals surface area contributed by atoms with Crippen molar-refractivity contribution in [3.05, 3.63) is 0 Å². The van der Waals surface area contributed by atoms with Gasteiger partial charge < -0.3 is 16.0 Å². The van der Waals surface area contributed by atoms with E-state index < -0.39 is 0 Å². The van der Waals surface area contributed by atoms with Crippen LogP contribution in [0.15, 0.2) is 4.99 Å². The second-order valence-corrected chi connectivity index (χ2v) is 14.7. The van der Waals surface area contributed by atoms with Crippen LogP contribution in [-0.2, 0) is 0 Å². The molecule has 0 rings (SSSR count). The fourth-order valence-electron chi connectivity index (χ4n) is 6.84. The molecule has 0 spiro atoms. The van der Waals surface area contributed by atoms with Gasteiger partial charge >= 0.3 is 0 Å². The Balaban J connectivity index is 3.77. The summed E-state index contributed by atoms with van der Waals surface area (Å²) in [6, 6.07) is 0. The van der Waals surface area contributed by atoms with Crippen molar-refractivity contribution in [2.45, 2.75) is 219 Å². The van der Waals surface area contributed by atoms with E-state index in [4.69, 9.17) is 11.5 Å². The molecular weight excluding hydrogens is 536 g/mol.